The van der Waals surface area contributed by atoms with Crippen LogP contribution in [0.1, 0.15) is 48.8 Å². The molecule has 0 saturated carbocycles. The molecule has 2 aliphatic heterocycles. The van der Waals surface area contributed by atoms with Crippen LogP contribution in [0.4, 0.5) is 13.2 Å². The lowest BCUT2D eigenvalue weighted by Gasteiger charge is -2.21. The summed E-state index contributed by atoms with van der Waals surface area (Å²) < 4.78 is 48.8. The van der Waals surface area contributed by atoms with Gasteiger partial charge in [-0.25, -0.2) is 9.50 Å². The standard InChI is InChI=1S/C23H26F3N5O3/c1-14-11-30(12-15-3-2-4-17(9-15)34-23(24,25)26)13-18(14)20-28-22(32)19-10-27-21(31(19)29-20)16-5-7-33-8-6-16/h2-4,9-10,14,16,18H,5-8,11-13H2,1H3,(H,28,29,32). The summed E-state index contributed by atoms with van der Waals surface area (Å²) in [6.45, 7) is 5.25. The molecule has 2 aliphatic rings. The third kappa shape index (κ3) is 4.80. The minimum absolute atomic E-state index is 0.0170. The van der Waals surface area contributed by atoms with Crippen molar-refractivity contribution in [3.05, 3.63) is 58.0 Å². The molecule has 4 heterocycles. The number of imidazole rings is 1. The zero-order valence-corrected chi connectivity index (χ0v) is 18.7. The van der Waals surface area contributed by atoms with E-state index in [1.54, 1.807) is 22.8 Å². The Kier molecular flexibility index (Phi) is 6.07. The second kappa shape index (κ2) is 9.03. The number of aromatic nitrogens is 4. The van der Waals surface area contributed by atoms with Crippen LogP contribution in [0.15, 0.2) is 35.3 Å². The van der Waals surface area contributed by atoms with Crippen LogP contribution in [0.2, 0.25) is 0 Å². The molecule has 0 bridgehead atoms. The van der Waals surface area contributed by atoms with Crippen LogP contribution in [0, 0.1) is 5.92 Å². The summed E-state index contributed by atoms with van der Waals surface area (Å²) in [5.41, 5.74) is 0.926. The highest BCUT2D eigenvalue weighted by molar-refractivity contribution is 5.42. The Labute approximate surface area is 193 Å². The molecule has 5 rings (SSSR count). The molecule has 0 aliphatic carbocycles. The van der Waals surface area contributed by atoms with E-state index >= 15 is 0 Å². The molecule has 182 valence electrons. The summed E-state index contributed by atoms with van der Waals surface area (Å²) in [4.78, 5) is 22.4. The van der Waals surface area contributed by atoms with Crippen LogP contribution in [-0.4, -0.2) is 57.1 Å². The van der Waals surface area contributed by atoms with E-state index in [4.69, 9.17) is 9.84 Å². The lowest BCUT2D eigenvalue weighted by atomic mass is 9.97. The molecule has 1 N–H and O–H groups in total. The van der Waals surface area contributed by atoms with E-state index in [9.17, 15) is 18.0 Å². The molecule has 2 aromatic heterocycles. The van der Waals surface area contributed by atoms with Gasteiger partial charge in [0.15, 0.2) is 5.52 Å². The number of ether oxygens (including phenoxy) is 2. The molecule has 11 heteroatoms. The fraction of sp³-hybridized carbons (Fsp3) is 0.522. The van der Waals surface area contributed by atoms with Crippen LogP contribution in [0.5, 0.6) is 5.75 Å². The number of likely N-dealkylation sites (tertiary alicyclic amines) is 1. The van der Waals surface area contributed by atoms with Crippen molar-refractivity contribution in [3.8, 4) is 5.75 Å². The first-order valence-electron chi connectivity index (χ1n) is 11.4. The van der Waals surface area contributed by atoms with E-state index < -0.39 is 6.36 Å². The quantitative estimate of drug-likeness (QED) is 0.606. The number of nitrogens with one attached hydrogen (secondary N) is 1. The van der Waals surface area contributed by atoms with Crippen LogP contribution in [-0.2, 0) is 11.3 Å². The second-order valence-corrected chi connectivity index (χ2v) is 9.11. The zero-order chi connectivity index (χ0) is 23.9. The molecule has 3 aromatic rings. The summed E-state index contributed by atoms with van der Waals surface area (Å²) in [5.74, 6) is 1.54. The van der Waals surface area contributed by atoms with Crippen LogP contribution >= 0.6 is 0 Å². The second-order valence-electron chi connectivity index (χ2n) is 9.11. The molecule has 2 atom stereocenters. The topological polar surface area (TPSA) is 84.8 Å². The molecule has 2 unspecified atom stereocenters. The molecule has 0 spiro atoms. The maximum absolute atomic E-state index is 12.8. The number of fused-ring (bicyclic) bond motifs is 1. The predicted octanol–water partition coefficient (Wildman–Crippen LogP) is 3.45. The van der Waals surface area contributed by atoms with E-state index in [0.29, 0.717) is 37.6 Å². The predicted molar refractivity (Wildman–Crippen MR) is 117 cm³/mol. The number of alkyl halides is 3. The van der Waals surface area contributed by atoms with Crippen molar-refractivity contribution in [1.29, 1.82) is 0 Å². The lowest BCUT2D eigenvalue weighted by Crippen LogP contribution is -2.24. The first-order valence-corrected chi connectivity index (χ1v) is 11.4. The van der Waals surface area contributed by atoms with E-state index in [0.717, 1.165) is 30.8 Å². The summed E-state index contributed by atoms with van der Waals surface area (Å²) in [6.07, 6.45) is -1.47. The Morgan fingerprint density at radius 3 is 2.79 bits per heavy atom. The van der Waals surface area contributed by atoms with E-state index in [-0.39, 0.29) is 29.1 Å². The maximum Gasteiger partial charge on any atom is 0.573 e. The number of halogens is 3. The van der Waals surface area contributed by atoms with Gasteiger partial charge in [0.05, 0.1) is 6.20 Å². The fourth-order valence-electron chi connectivity index (χ4n) is 4.99. The van der Waals surface area contributed by atoms with Gasteiger partial charge in [-0.05, 0) is 36.5 Å². The van der Waals surface area contributed by atoms with Crippen molar-refractivity contribution in [1.82, 2.24) is 24.5 Å². The van der Waals surface area contributed by atoms with Gasteiger partial charge < -0.3 is 14.5 Å². The minimum atomic E-state index is -4.72. The van der Waals surface area contributed by atoms with Gasteiger partial charge >= 0.3 is 6.36 Å². The average molecular weight is 477 g/mol. The molecular weight excluding hydrogens is 451 g/mol. The van der Waals surface area contributed by atoms with Gasteiger partial charge in [0.25, 0.3) is 5.56 Å². The van der Waals surface area contributed by atoms with E-state index in [1.807, 2.05) is 0 Å². The smallest absolute Gasteiger partial charge is 0.406 e. The molecule has 8 nitrogen and oxygen atoms in total. The van der Waals surface area contributed by atoms with Crippen molar-refractivity contribution in [2.45, 2.75) is 44.5 Å². The monoisotopic (exact) mass is 477 g/mol. The van der Waals surface area contributed by atoms with Crippen molar-refractivity contribution >= 4 is 5.52 Å². The number of nitrogens with zero attached hydrogens (tertiary/aromatic N) is 4. The number of benzene rings is 1. The highest BCUT2D eigenvalue weighted by Gasteiger charge is 2.34. The maximum atomic E-state index is 12.8. The van der Waals surface area contributed by atoms with Crippen LogP contribution < -0.4 is 10.3 Å². The highest BCUT2D eigenvalue weighted by Crippen LogP contribution is 2.32. The third-order valence-electron chi connectivity index (χ3n) is 6.61. The molecular formula is C23H26F3N5O3. The Morgan fingerprint density at radius 2 is 2.03 bits per heavy atom. The largest absolute Gasteiger partial charge is 0.573 e. The number of H-pyrrole nitrogens is 1. The lowest BCUT2D eigenvalue weighted by molar-refractivity contribution is -0.274. The molecule has 2 fully saturated rings. The van der Waals surface area contributed by atoms with Gasteiger partial charge in [-0.2, -0.15) is 5.10 Å². The Hall–Kier alpha value is -2.92. The first kappa shape index (κ1) is 22.9. The molecule has 0 amide bonds. The van der Waals surface area contributed by atoms with Gasteiger partial charge in [-0.15, -0.1) is 13.2 Å². The Morgan fingerprint density at radius 1 is 1.24 bits per heavy atom. The normalized spacial score (nSPS) is 22.5. The molecule has 2 saturated heterocycles. The highest BCUT2D eigenvalue weighted by atomic mass is 19.4. The molecule has 1 aromatic carbocycles. The summed E-state index contributed by atoms with van der Waals surface area (Å²) in [5, 5.41) is 4.79. The van der Waals surface area contributed by atoms with Crippen LogP contribution in [0.25, 0.3) is 5.52 Å². The van der Waals surface area contributed by atoms with Crippen molar-refractivity contribution in [2.24, 2.45) is 5.92 Å². The Bertz CT molecular complexity index is 1220. The van der Waals surface area contributed by atoms with Crippen LogP contribution in [0.3, 0.4) is 0 Å². The fourth-order valence-corrected chi connectivity index (χ4v) is 4.99. The molecule has 0 radical (unpaired) electrons. The first-order chi connectivity index (χ1) is 16.3. The van der Waals surface area contributed by atoms with E-state index in [2.05, 4.69) is 26.5 Å². The molecule has 34 heavy (non-hydrogen) atoms. The zero-order valence-electron chi connectivity index (χ0n) is 18.7. The number of hydrogen-bond acceptors (Lipinski definition) is 6. The summed E-state index contributed by atoms with van der Waals surface area (Å²) in [6, 6.07) is 6.02. The summed E-state index contributed by atoms with van der Waals surface area (Å²) in [7, 11) is 0. The Balaban J connectivity index is 1.35. The third-order valence-corrected chi connectivity index (χ3v) is 6.61. The number of rotatable bonds is 5. The van der Waals surface area contributed by atoms with Gasteiger partial charge in [-0.1, -0.05) is 19.1 Å². The van der Waals surface area contributed by atoms with Crippen molar-refractivity contribution in [3.63, 3.8) is 0 Å². The van der Waals surface area contributed by atoms with Crippen molar-refractivity contribution < 1.29 is 22.6 Å². The minimum Gasteiger partial charge on any atom is -0.406 e. The van der Waals surface area contributed by atoms with Gasteiger partial charge in [0.1, 0.15) is 17.4 Å². The van der Waals surface area contributed by atoms with Gasteiger partial charge in [-0.3, -0.25) is 9.69 Å². The average Bonchev–Trinajstić information content (AvgIpc) is 3.37. The van der Waals surface area contributed by atoms with Crippen molar-refractivity contribution in [2.75, 3.05) is 26.3 Å². The van der Waals surface area contributed by atoms with Gasteiger partial charge in [0, 0.05) is 44.7 Å². The SMILES string of the molecule is CC1CN(Cc2cccc(OC(F)(F)F)c2)CC1c1nn2c(C3CCOCC3)ncc2c(=O)[nH]1. The summed E-state index contributed by atoms with van der Waals surface area (Å²) >= 11 is 0. The van der Waals surface area contributed by atoms with Gasteiger partial charge in [0.2, 0.25) is 0 Å². The number of hydrogen-bond donors (Lipinski definition) is 1. The van der Waals surface area contributed by atoms with E-state index in [1.165, 1.54) is 12.1 Å². The number of aromatic amines is 1.